The van der Waals surface area contributed by atoms with Gasteiger partial charge in [-0.3, -0.25) is 19.4 Å². The fourth-order valence-corrected chi connectivity index (χ4v) is 5.26. The molecule has 0 bridgehead atoms. The summed E-state index contributed by atoms with van der Waals surface area (Å²) in [6.45, 7) is 7.66. The fraction of sp³-hybridized carbons (Fsp3) is 0.448. The third-order valence-corrected chi connectivity index (χ3v) is 7.27. The Bertz CT molecular complexity index is 1410. The molecule has 0 amide bonds. The highest BCUT2D eigenvalue weighted by molar-refractivity contribution is 5.63. The third kappa shape index (κ3) is 6.79. The molecule has 3 heterocycles. The van der Waals surface area contributed by atoms with E-state index in [2.05, 4.69) is 47.0 Å². The van der Waals surface area contributed by atoms with Gasteiger partial charge >= 0.3 is 6.18 Å². The lowest BCUT2D eigenvalue weighted by atomic mass is 9.99. The van der Waals surface area contributed by atoms with E-state index in [-0.39, 0.29) is 23.1 Å². The number of halogens is 4. The number of benzene rings is 1. The molecule has 1 aromatic carbocycles. The second-order valence-electron chi connectivity index (χ2n) is 10.4. The van der Waals surface area contributed by atoms with Crippen LogP contribution in [0, 0.1) is 5.82 Å². The van der Waals surface area contributed by atoms with Crippen LogP contribution in [0.5, 0.6) is 0 Å². The molecule has 10 heteroatoms. The van der Waals surface area contributed by atoms with Gasteiger partial charge in [-0.25, -0.2) is 4.39 Å². The molecule has 0 aliphatic carbocycles. The second-order valence-corrected chi connectivity index (χ2v) is 10.4. The average Bonchev–Trinajstić information content (AvgIpc) is 2.99. The summed E-state index contributed by atoms with van der Waals surface area (Å²) in [4.78, 5) is 19.9. The molecule has 1 aliphatic heterocycles. The predicted octanol–water partition coefficient (Wildman–Crippen LogP) is 5.54. The molecular weight excluding hydrogens is 510 g/mol. The lowest BCUT2D eigenvalue weighted by molar-refractivity contribution is -0.137. The summed E-state index contributed by atoms with van der Waals surface area (Å²) >= 11 is 0. The average molecular weight is 544 g/mol. The van der Waals surface area contributed by atoms with Gasteiger partial charge in [0.05, 0.1) is 11.3 Å². The van der Waals surface area contributed by atoms with Crippen molar-refractivity contribution in [1.29, 1.82) is 0 Å². The number of alkyl halides is 3. The van der Waals surface area contributed by atoms with Crippen molar-refractivity contribution in [2.45, 2.75) is 71.1 Å². The molecule has 0 N–H and O–H groups in total. The Kier molecular flexibility index (Phi) is 8.64. The SMILES string of the molecule is CC(C)N1CCC=C(Cc2cncc(CCc3c(-c4ccc(C(F)(F)F)cc4F)nnn3C)c(=O)c2)C[C@@H]1C. The Hall–Kier alpha value is -3.40. The van der Waals surface area contributed by atoms with Crippen molar-refractivity contribution in [3.8, 4) is 11.3 Å². The molecule has 0 fully saturated rings. The third-order valence-electron chi connectivity index (χ3n) is 7.27. The van der Waals surface area contributed by atoms with Gasteiger partial charge in [0.2, 0.25) is 0 Å². The zero-order valence-corrected chi connectivity index (χ0v) is 22.6. The van der Waals surface area contributed by atoms with Gasteiger partial charge < -0.3 is 0 Å². The van der Waals surface area contributed by atoms with E-state index in [4.69, 9.17) is 0 Å². The molecule has 0 unspecified atom stereocenters. The van der Waals surface area contributed by atoms with Gasteiger partial charge in [-0.05, 0) is 82.7 Å². The van der Waals surface area contributed by atoms with Crippen LogP contribution in [0.1, 0.15) is 56.0 Å². The molecule has 0 radical (unpaired) electrons. The van der Waals surface area contributed by atoms with Crippen LogP contribution < -0.4 is 5.43 Å². The van der Waals surface area contributed by atoms with Crippen LogP contribution in [0.4, 0.5) is 17.6 Å². The Morgan fingerprint density at radius 3 is 2.59 bits per heavy atom. The lowest BCUT2D eigenvalue weighted by Crippen LogP contribution is -2.38. The van der Waals surface area contributed by atoms with Gasteiger partial charge in [-0.1, -0.05) is 16.9 Å². The molecule has 2 aromatic heterocycles. The summed E-state index contributed by atoms with van der Waals surface area (Å²) in [7, 11) is 1.62. The molecule has 3 aromatic rings. The smallest absolute Gasteiger partial charge is 0.298 e. The molecule has 39 heavy (non-hydrogen) atoms. The molecule has 208 valence electrons. The fourth-order valence-electron chi connectivity index (χ4n) is 5.26. The Morgan fingerprint density at radius 1 is 1.13 bits per heavy atom. The summed E-state index contributed by atoms with van der Waals surface area (Å²) in [5.74, 6) is -1.04. The monoisotopic (exact) mass is 543 g/mol. The van der Waals surface area contributed by atoms with Crippen LogP contribution in [-0.4, -0.2) is 43.5 Å². The molecule has 4 rings (SSSR count). The predicted molar refractivity (Wildman–Crippen MR) is 142 cm³/mol. The molecular formula is C29H33F4N5O. The highest BCUT2D eigenvalue weighted by Crippen LogP contribution is 2.33. The van der Waals surface area contributed by atoms with Crippen molar-refractivity contribution in [3.05, 3.63) is 86.7 Å². The largest absolute Gasteiger partial charge is 0.416 e. The van der Waals surface area contributed by atoms with Crippen molar-refractivity contribution in [3.63, 3.8) is 0 Å². The topological polar surface area (TPSA) is 63.9 Å². The zero-order chi connectivity index (χ0) is 28.3. The molecule has 0 spiro atoms. The van der Waals surface area contributed by atoms with E-state index in [1.807, 2.05) is 0 Å². The van der Waals surface area contributed by atoms with Gasteiger partial charge in [0, 0.05) is 49.2 Å². The van der Waals surface area contributed by atoms with Gasteiger partial charge in [-0.2, -0.15) is 13.2 Å². The summed E-state index contributed by atoms with van der Waals surface area (Å²) in [6, 6.07) is 4.85. The zero-order valence-electron chi connectivity index (χ0n) is 22.6. The molecule has 0 saturated heterocycles. The molecule has 1 aliphatic rings. The first kappa shape index (κ1) is 28.6. The first-order valence-corrected chi connectivity index (χ1v) is 13.1. The summed E-state index contributed by atoms with van der Waals surface area (Å²) < 4.78 is 55.0. The molecule has 6 nitrogen and oxygen atoms in total. The second kappa shape index (κ2) is 11.8. The van der Waals surface area contributed by atoms with Crippen molar-refractivity contribution in [2.24, 2.45) is 7.05 Å². The minimum absolute atomic E-state index is 0.0746. The quantitative estimate of drug-likeness (QED) is 0.289. The maximum atomic E-state index is 14.6. The van der Waals surface area contributed by atoms with Crippen LogP contribution in [-0.2, 0) is 32.5 Å². The van der Waals surface area contributed by atoms with Crippen LogP contribution in [0.3, 0.4) is 0 Å². The van der Waals surface area contributed by atoms with Crippen LogP contribution >= 0.6 is 0 Å². The van der Waals surface area contributed by atoms with Crippen molar-refractivity contribution in [2.75, 3.05) is 6.54 Å². The summed E-state index contributed by atoms with van der Waals surface area (Å²) in [5.41, 5.74) is 1.98. The summed E-state index contributed by atoms with van der Waals surface area (Å²) in [6.07, 6.45) is 4.03. The van der Waals surface area contributed by atoms with E-state index >= 15 is 0 Å². The normalized spacial score (nSPS) is 16.8. The number of nitrogens with zero attached hydrogens (tertiary/aromatic N) is 5. The van der Waals surface area contributed by atoms with Gasteiger partial charge in [0.15, 0.2) is 5.43 Å². The Labute approximate surface area is 225 Å². The minimum Gasteiger partial charge on any atom is -0.298 e. The van der Waals surface area contributed by atoms with E-state index in [0.717, 1.165) is 37.1 Å². The van der Waals surface area contributed by atoms with Crippen LogP contribution in [0.25, 0.3) is 11.3 Å². The van der Waals surface area contributed by atoms with Crippen molar-refractivity contribution >= 4 is 0 Å². The number of hydrogen-bond acceptors (Lipinski definition) is 5. The van der Waals surface area contributed by atoms with E-state index in [1.54, 1.807) is 25.5 Å². The van der Waals surface area contributed by atoms with Gasteiger partial charge in [0.1, 0.15) is 11.5 Å². The maximum Gasteiger partial charge on any atom is 0.416 e. The van der Waals surface area contributed by atoms with Gasteiger partial charge in [-0.15, -0.1) is 5.10 Å². The van der Waals surface area contributed by atoms with E-state index in [9.17, 15) is 22.4 Å². The highest BCUT2D eigenvalue weighted by atomic mass is 19.4. The molecule has 0 saturated carbocycles. The molecule has 1 atom stereocenters. The Morgan fingerprint density at radius 2 is 1.90 bits per heavy atom. The number of rotatable bonds is 7. The number of aromatic nitrogens is 4. The standard InChI is InChI=1S/C29H33F4N5O/c1-18(2)38-11-5-6-20(12-19(38)3)13-21-14-27(39)22(17-34-16-21)7-10-26-28(35-36-37(26)4)24-9-8-23(15-25(24)30)29(31,32)33/h6,8-9,14-19H,5,7,10-13H2,1-4H3/t19-/m0/s1. The van der Waals surface area contributed by atoms with Crippen LogP contribution in [0.2, 0.25) is 0 Å². The number of hydrogen-bond donors (Lipinski definition) is 0. The maximum absolute atomic E-state index is 14.6. The number of aryl methyl sites for hydroxylation is 2. The summed E-state index contributed by atoms with van der Waals surface area (Å²) in [5, 5.41) is 7.92. The highest BCUT2D eigenvalue weighted by Gasteiger charge is 2.31. The van der Waals surface area contributed by atoms with E-state index in [1.165, 1.54) is 10.3 Å². The van der Waals surface area contributed by atoms with Gasteiger partial charge in [0.25, 0.3) is 0 Å². The van der Waals surface area contributed by atoms with Crippen molar-refractivity contribution < 1.29 is 17.6 Å². The van der Waals surface area contributed by atoms with E-state index < -0.39 is 17.6 Å². The van der Waals surface area contributed by atoms with Crippen LogP contribution in [0.15, 0.2) is 53.1 Å². The van der Waals surface area contributed by atoms with Crippen molar-refractivity contribution in [1.82, 2.24) is 24.9 Å². The van der Waals surface area contributed by atoms with E-state index in [0.29, 0.717) is 42.2 Å². The first-order chi connectivity index (χ1) is 18.4. The minimum atomic E-state index is -4.65. The first-order valence-electron chi connectivity index (χ1n) is 13.1. The Balaban J connectivity index is 1.50. The lowest BCUT2D eigenvalue weighted by Gasteiger charge is -2.31.